The van der Waals surface area contributed by atoms with Crippen LogP contribution in [0.15, 0.2) is 24.3 Å². The normalized spacial score (nSPS) is 18.5. The van der Waals surface area contributed by atoms with Gasteiger partial charge >= 0.3 is 0 Å². The van der Waals surface area contributed by atoms with E-state index in [9.17, 15) is 18.0 Å². The minimum atomic E-state index is -2.56. The van der Waals surface area contributed by atoms with Gasteiger partial charge in [0.2, 0.25) is 5.91 Å². The summed E-state index contributed by atoms with van der Waals surface area (Å²) in [5.74, 6) is -0.844. The van der Waals surface area contributed by atoms with E-state index in [2.05, 4.69) is 4.90 Å². The number of carbonyl (C=O) groups excluding carboxylic acids is 1. The molecule has 1 aliphatic rings. The summed E-state index contributed by atoms with van der Waals surface area (Å²) in [7, 11) is 1.48. The fourth-order valence-corrected chi connectivity index (χ4v) is 3.21. The van der Waals surface area contributed by atoms with Crippen LogP contribution in [-0.2, 0) is 16.1 Å². The molecular weight excluding hydrogens is 333 g/mol. The zero-order valence-electron chi connectivity index (χ0n) is 14.5. The van der Waals surface area contributed by atoms with Crippen LogP contribution in [0.1, 0.15) is 18.4 Å². The summed E-state index contributed by atoms with van der Waals surface area (Å²) in [5, 5.41) is 0. The highest BCUT2D eigenvalue weighted by Crippen LogP contribution is 2.21. The lowest BCUT2D eigenvalue weighted by molar-refractivity contribution is -0.140. The Morgan fingerprint density at radius 2 is 2.24 bits per heavy atom. The maximum Gasteiger partial charge on any atom is 0.255 e. The van der Waals surface area contributed by atoms with Gasteiger partial charge in [-0.2, -0.15) is 0 Å². The summed E-state index contributed by atoms with van der Waals surface area (Å²) >= 11 is 0. The fraction of sp³-hybridized carbons (Fsp3) is 0.611. The van der Waals surface area contributed by atoms with Gasteiger partial charge in [0.15, 0.2) is 0 Å². The Balaban J connectivity index is 1.96. The van der Waals surface area contributed by atoms with Gasteiger partial charge in [-0.1, -0.05) is 12.1 Å². The van der Waals surface area contributed by atoms with E-state index >= 15 is 0 Å². The van der Waals surface area contributed by atoms with Crippen molar-refractivity contribution in [2.45, 2.75) is 25.8 Å². The van der Waals surface area contributed by atoms with Crippen molar-refractivity contribution >= 4 is 5.91 Å². The second-order valence-corrected chi connectivity index (χ2v) is 6.37. The third-order valence-electron chi connectivity index (χ3n) is 4.39. The smallest absolute Gasteiger partial charge is 0.255 e. The average Bonchev–Trinajstić information content (AvgIpc) is 2.58. The Morgan fingerprint density at radius 3 is 2.92 bits per heavy atom. The molecule has 1 atom stereocenters. The number of halogens is 3. The van der Waals surface area contributed by atoms with Gasteiger partial charge in [0, 0.05) is 26.7 Å². The summed E-state index contributed by atoms with van der Waals surface area (Å²) in [6.45, 7) is 1.70. The van der Waals surface area contributed by atoms with Gasteiger partial charge in [0.05, 0.1) is 19.1 Å². The summed E-state index contributed by atoms with van der Waals surface area (Å²) in [5.41, 5.74) is 0.844. The van der Waals surface area contributed by atoms with Crippen molar-refractivity contribution in [1.29, 1.82) is 0 Å². The zero-order valence-corrected chi connectivity index (χ0v) is 14.5. The van der Waals surface area contributed by atoms with Crippen LogP contribution in [0.25, 0.3) is 0 Å². The number of nitrogens with zero attached hydrogens (tertiary/aromatic N) is 2. The lowest BCUT2D eigenvalue weighted by Crippen LogP contribution is -2.46. The van der Waals surface area contributed by atoms with Crippen LogP contribution in [0, 0.1) is 11.7 Å². The fourth-order valence-electron chi connectivity index (χ4n) is 3.21. The molecule has 1 saturated heterocycles. The molecule has 1 heterocycles. The molecule has 0 aliphatic carbocycles. The topological polar surface area (TPSA) is 32.8 Å². The maximum atomic E-state index is 13.3. The molecule has 1 aromatic carbocycles. The van der Waals surface area contributed by atoms with Crippen molar-refractivity contribution in [2.24, 2.45) is 5.92 Å². The minimum Gasteiger partial charge on any atom is -0.383 e. The van der Waals surface area contributed by atoms with E-state index in [1.54, 1.807) is 6.07 Å². The molecule has 0 spiro atoms. The van der Waals surface area contributed by atoms with Crippen LogP contribution < -0.4 is 0 Å². The molecule has 1 amide bonds. The number of hydrogen-bond donors (Lipinski definition) is 0. The van der Waals surface area contributed by atoms with Crippen molar-refractivity contribution in [3.8, 4) is 0 Å². The molecule has 25 heavy (non-hydrogen) atoms. The number of alkyl halides is 2. The highest BCUT2D eigenvalue weighted by Gasteiger charge is 2.30. The number of methoxy groups -OCH3 is 1. The van der Waals surface area contributed by atoms with Gasteiger partial charge in [-0.05, 0) is 37.1 Å². The molecule has 1 fully saturated rings. The van der Waals surface area contributed by atoms with E-state index in [1.165, 1.54) is 24.1 Å². The van der Waals surface area contributed by atoms with Gasteiger partial charge in [0.25, 0.3) is 6.43 Å². The van der Waals surface area contributed by atoms with Crippen LogP contribution in [0.2, 0.25) is 0 Å². The molecule has 4 nitrogen and oxygen atoms in total. The molecule has 2 rings (SSSR count). The van der Waals surface area contributed by atoms with E-state index in [0.717, 1.165) is 18.5 Å². The Hall–Kier alpha value is -1.60. The summed E-state index contributed by atoms with van der Waals surface area (Å²) < 4.78 is 43.7. The third-order valence-corrected chi connectivity index (χ3v) is 4.39. The highest BCUT2D eigenvalue weighted by atomic mass is 19.3. The molecule has 140 valence electrons. The van der Waals surface area contributed by atoms with Gasteiger partial charge in [-0.3, -0.25) is 9.69 Å². The quantitative estimate of drug-likeness (QED) is 0.716. The number of likely N-dealkylation sites (tertiary alicyclic amines) is 1. The van der Waals surface area contributed by atoms with Crippen molar-refractivity contribution in [3.05, 3.63) is 35.6 Å². The van der Waals surface area contributed by atoms with Crippen molar-refractivity contribution in [3.63, 3.8) is 0 Å². The molecule has 1 aromatic rings. The largest absolute Gasteiger partial charge is 0.383 e. The molecule has 7 heteroatoms. The van der Waals surface area contributed by atoms with Crippen LogP contribution in [-0.4, -0.2) is 62.0 Å². The number of amides is 1. The number of rotatable bonds is 8. The molecule has 0 N–H and O–H groups in total. The molecular formula is C18H25F3N2O2. The van der Waals surface area contributed by atoms with Crippen molar-refractivity contribution in [1.82, 2.24) is 9.80 Å². The van der Waals surface area contributed by atoms with Crippen LogP contribution in [0.3, 0.4) is 0 Å². The SMILES string of the molecule is COCCN(CC(F)F)C(=O)C1CCCN(Cc2cccc(F)c2)C1. The van der Waals surface area contributed by atoms with Gasteiger partial charge in [0.1, 0.15) is 5.82 Å². The van der Waals surface area contributed by atoms with Crippen LogP contribution >= 0.6 is 0 Å². The number of carbonyl (C=O) groups is 1. The zero-order chi connectivity index (χ0) is 18.2. The van der Waals surface area contributed by atoms with Gasteiger partial charge in [-0.15, -0.1) is 0 Å². The Kier molecular flexibility index (Phi) is 7.71. The van der Waals surface area contributed by atoms with E-state index in [0.29, 0.717) is 19.5 Å². The lowest BCUT2D eigenvalue weighted by Gasteiger charge is -2.35. The van der Waals surface area contributed by atoms with E-state index in [-0.39, 0.29) is 30.8 Å². The first-order valence-corrected chi connectivity index (χ1v) is 8.52. The standard InChI is InChI=1S/C18H25F3N2O2/c1-25-9-8-23(13-17(20)21)18(24)15-5-3-7-22(12-15)11-14-4-2-6-16(19)10-14/h2,4,6,10,15,17H,3,5,7-9,11-13H2,1H3. The average molecular weight is 358 g/mol. The third kappa shape index (κ3) is 6.32. The maximum absolute atomic E-state index is 13.3. The van der Waals surface area contributed by atoms with E-state index in [1.807, 2.05) is 6.07 Å². The molecule has 0 saturated carbocycles. The minimum absolute atomic E-state index is 0.167. The first-order chi connectivity index (χ1) is 12.0. The summed E-state index contributed by atoms with van der Waals surface area (Å²) in [6, 6.07) is 6.37. The molecule has 1 unspecified atom stereocenters. The highest BCUT2D eigenvalue weighted by molar-refractivity contribution is 5.79. The Bertz CT molecular complexity index is 557. The molecule has 1 aliphatic heterocycles. The number of ether oxygens (including phenoxy) is 1. The Labute approximate surface area is 146 Å². The van der Waals surface area contributed by atoms with Gasteiger partial charge < -0.3 is 9.64 Å². The first kappa shape index (κ1) is 19.7. The second kappa shape index (κ2) is 9.77. The Morgan fingerprint density at radius 1 is 1.44 bits per heavy atom. The van der Waals surface area contributed by atoms with Crippen molar-refractivity contribution < 1.29 is 22.7 Å². The molecule has 0 aromatic heterocycles. The number of benzene rings is 1. The number of hydrogen-bond acceptors (Lipinski definition) is 3. The van der Waals surface area contributed by atoms with E-state index < -0.39 is 13.0 Å². The van der Waals surface area contributed by atoms with E-state index in [4.69, 9.17) is 4.74 Å². The van der Waals surface area contributed by atoms with Gasteiger partial charge in [-0.25, -0.2) is 13.2 Å². The molecule has 0 radical (unpaired) electrons. The summed E-state index contributed by atoms with van der Waals surface area (Å²) in [6.07, 6.45) is -1.06. The predicted octanol–water partition coefficient (Wildman–Crippen LogP) is 2.78. The second-order valence-electron chi connectivity index (χ2n) is 6.37. The number of piperidine rings is 1. The monoisotopic (exact) mass is 358 g/mol. The van der Waals surface area contributed by atoms with Crippen LogP contribution in [0.5, 0.6) is 0 Å². The first-order valence-electron chi connectivity index (χ1n) is 8.52. The lowest BCUT2D eigenvalue weighted by atomic mass is 9.96. The van der Waals surface area contributed by atoms with Crippen molar-refractivity contribution in [2.75, 3.05) is 39.9 Å². The summed E-state index contributed by atoms with van der Waals surface area (Å²) in [4.78, 5) is 15.9. The predicted molar refractivity (Wildman–Crippen MR) is 88.9 cm³/mol. The van der Waals surface area contributed by atoms with Crippen LogP contribution in [0.4, 0.5) is 13.2 Å². The molecule has 0 bridgehead atoms.